The maximum absolute atomic E-state index is 14.5. The largest absolute Gasteiger partial charge is 0.378 e. The molecule has 0 aliphatic carbocycles. The van der Waals surface area contributed by atoms with Crippen molar-refractivity contribution in [1.82, 2.24) is 4.72 Å². The van der Waals surface area contributed by atoms with E-state index in [0.29, 0.717) is 37.7 Å². The fraction of sp³-hybridized carbons (Fsp3) is 0.333. The van der Waals surface area contributed by atoms with Gasteiger partial charge in [-0.2, -0.15) is 4.72 Å². The van der Waals surface area contributed by atoms with Crippen LogP contribution in [0.15, 0.2) is 47.4 Å². The lowest BCUT2D eigenvalue weighted by Crippen LogP contribution is -2.41. The second kappa shape index (κ2) is 10.1. The molecular formula is C21H25FN4O5S. The van der Waals surface area contributed by atoms with E-state index in [1.54, 1.807) is 12.1 Å². The highest BCUT2D eigenvalue weighted by Crippen LogP contribution is 2.24. The van der Waals surface area contributed by atoms with Gasteiger partial charge in [-0.05, 0) is 49.4 Å². The number of benzene rings is 2. The van der Waals surface area contributed by atoms with Gasteiger partial charge in [0.1, 0.15) is 5.82 Å². The van der Waals surface area contributed by atoms with E-state index in [9.17, 15) is 22.4 Å². The lowest BCUT2D eigenvalue weighted by Gasteiger charge is -2.29. The number of halogens is 1. The molecule has 0 radical (unpaired) electrons. The van der Waals surface area contributed by atoms with Crippen LogP contribution >= 0.6 is 0 Å². The van der Waals surface area contributed by atoms with Crippen LogP contribution in [0.25, 0.3) is 0 Å². The van der Waals surface area contributed by atoms with Crippen molar-refractivity contribution < 1.29 is 27.1 Å². The maximum atomic E-state index is 14.5. The molecule has 172 valence electrons. The number of amides is 2. The van der Waals surface area contributed by atoms with Gasteiger partial charge in [-0.25, -0.2) is 12.8 Å². The molecular weight excluding hydrogens is 439 g/mol. The SMILES string of the molecule is CC(=O)Nc1ccc(S(=O)(=O)N[C@@H](C)C(=O)Nc2ccc(N3CCOCC3)c(F)c2)cc1. The molecule has 2 amide bonds. The van der Waals surface area contributed by atoms with Gasteiger partial charge in [0, 0.05) is 31.4 Å². The summed E-state index contributed by atoms with van der Waals surface area (Å²) in [7, 11) is -3.99. The van der Waals surface area contributed by atoms with E-state index < -0.39 is 27.8 Å². The molecule has 1 atom stereocenters. The lowest BCUT2D eigenvalue weighted by atomic mass is 10.2. The number of sulfonamides is 1. The molecule has 1 saturated heterocycles. The number of morpholine rings is 1. The molecule has 2 aromatic rings. The second-order valence-corrected chi connectivity index (χ2v) is 9.02. The Balaban J connectivity index is 1.62. The molecule has 3 N–H and O–H groups in total. The van der Waals surface area contributed by atoms with Crippen LogP contribution < -0.4 is 20.3 Å². The van der Waals surface area contributed by atoms with Crippen LogP contribution in [0.5, 0.6) is 0 Å². The summed E-state index contributed by atoms with van der Waals surface area (Å²) >= 11 is 0. The molecule has 1 aliphatic rings. The Morgan fingerprint density at radius 3 is 2.25 bits per heavy atom. The van der Waals surface area contributed by atoms with Gasteiger partial charge in [0.2, 0.25) is 21.8 Å². The third kappa shape index (κ3) is 6.02. The summed E-state index contributed by atoms with van der Waals surface area (Å²) in [5.74, 6) is -1.41. The summed E-state index contributed by atoms with van der Waals surface area (Å²) in [6.45, 7) is 4.92. The first kappa shape index (κ1) is 23.6. The van der Waals surface area contributed by atoms with E-state index in [1.807, 2.05) is 4.90 Å². The first-order valence-electron chi connectivity index (χ1n) is 9.99. The third-order valence-electron chi connectivity index (χ3n) is 4.78. The Labute approximate surface area is 186 Å². The third-order valence-corrected chi connectivity index (χ3v) is 6.33. The molecule has 2 aromatic carbocycles. The van der Waals surface area contributed by atoms with Crippen LogP contribution in [0.3, 0.4) is 0 Å². The van der Waals surface area contributed by atoms with Crippen LogP contribution in [-0.4, -0.2) is 52.6 Å². The van der Waals surface area contributed by atoms with Crippen LogP contribution in [0.1, 0.15) is 13.8 Å². The molecule has 9 nitrogen and oxygen atoms in total. The number of carbonyl (C=O) groups excluding carboxylic acids is 2. The van der Waals surface area contributed by atoms with Gasteiger partial charge in [0.15, 0.2) is 0 Å². The number of hydrogen-bond acceptors (Lipinski definition) is 6. The molecule has 11 heteroatoms. The van der Waals surface area contributed by atoms with E-state index in [4.69, 9.17) is 4.74 Å². The highest BCUT2D eigenvalue weighted by Gasteiger charge is 2.23. The number of nitrogens with zero attached hydrogens (tertiary/aromatic N) is 1. The number of carbonyl (C=O) groups is 2. The zero-order chi connectivity index (χ0) is 23.3. The Morgan fingerprint density at radius 2 is 1.66 bits per heavy atom. The predicted octanol–water partition coefficient (Wildman–Crippen LogP) is 1.93. The minimum absolute atomic E-state index is 0.0628. The van der Waals surface area contributed by atoms with Crippen molar-refractivity contribution in [3.63, 3.8) is 0 Å². The van der Waals surface area contributed by atoms with E-state index in [1.165, 1.54) is 44.2 Å². The zero-order valence-corrected chi connectivity index (χ0v) is 18.5. The first-order valence-corrected chi connectivity index (χ1v) is 11.5. The Kier molecular flexibility index (Phi) is 7.44. The van der Waals surface area contributed by atoms with E-state index in [2.05, 4.69) is 15.4 Å². The van der Waals surface area contributed by atoms with Crippen molar-refractivity contribution in [2.24, 2.45) is 0 Å². The second-order valence-electron chi connectivity index (χ2n) is 7.30. The number of ether oxygens (including phenoxy) is 1. The van der Waals surface area contributed by atoms with Gasteiger partial charge >= 0.3 is 0 Å². The average Bonchev–Trinajstić information content (AvgIpc) is 2.74. The minimum atomic E-state index is -3.99. The summed E-state index contributed by atoms with van der Waals surface area (Å²) < 4.78 is 47.2. The molecule has 1 fully saturated rings. The van der Waals surface area contributed by atoms with Crippen LogP contribution in [0, 0.1) is 5.82 Å². The Morgan fingerprint density at radius 1 is 1.03 bits per heavy atom. The summed E-state index contributed by atoms with van der Waals surface area (Å²) in [6, 6.07) is 8.74. The van der Waals surface area contributed by atoms with Crippen molar-refractivity contribution in [1.29, 1.82) is 0 Å². The quantitative estimate of drug-likeness (QED) is 0.577. The first-order chi connectivity index (χ1) is 15.2. The van der Waals surface area contributed by atoms with E-state index in [-0.39, 0.29) is 16.5 Å². The monoisotopic (exact) mass is 464 g/mol. The van der Waals surface area contributed by atoms with Crippen molar-refractivity contribution in [2.75, 3.05) is 41.8 Å². The lowest BCUT2D eigenvalue weighted by molar-refractivity contribution is -0.117. The fourth-order valence-electron chi connectivity index (χ4n) is 3.17. The van der Waals surface area contributed by atoms with Crippen molar-refractivity contribution >= 4 is 38.9 Å². The Bertz CT molecular complexity index is 1090. The standard InChI is InChI=1S/C21H25FN4O5S/c1-14(25-32(29,30)18-6-3-16(4-7-18)23-15(2)27)21(28)24-17-5-8-20(19(22)13-17)26-9-11-31-12-10-26/h3-8,13-14,25H,9-12H2,1-2H3,(H,23,27)(H,24,28)/t14-/m0/s1. The van der Waals surface area contributed by atoms with Crippen molar-refractivity contribution in [3.05, 3.63) is 48.3 Å². The molecule has 0 spiro atoms. The number of hydrogen-bond donors (Lipinski definition) is 3. The molecule has 1 heterocycles. The van der Waals surface area contributed by atoms with Gasteiger partial charge in [-0.3, -0.25) is 9.59 Å². The summed E-state index contributed by atoms with van der Waals surface area (Å²) in [6.07, 6.45) is 0. The molecule has 0 aromatic heterocycles. The minimum Gasteiger partial charge on any atom is -0.378 e. The molecule has 1 aliphatic heterocycles. The maximum Gasteiger partial charge on any atom is 0.242 e. The van der Waals surface area contributed by atoms with Crippen molar-refractivity contribution in [2.45, 2.75) is 24.8 Å². The van der Waals surface area contributed by atoms with Gasteiger partial charge < -0.3 is 20.3 Å². The van der Waals surface area contributed by atoms with Crippen LogP contribution in [0.4, 0.5) is 21.5 Å². The Hall–Kier alpha value is -3.02. The topological polar surface area (TPSA) is 117 Å². The van der Waals surface area contributed by atoms with Crippen LogP contribution in [0.2, 0.25) is 0 Å². The van der Waals surface area contributed by atoms with Crippen molar-refractivity contribution in [3.8, 4) is 0 Å². The normalized spacial score (nSPS) is 15.2. The average molecular weight is 465 g/mol. The molecule has 0 saturated carbocycles. The molecule has 0 unspecified atom stereocenters. The number of anilines is 3. The fourth-order valence-corrected chi connectivity index (χ4v) is 4.37. The van der Waals surface area contributed by atoms with Gasteiger partial charge in [0.05, 0.1) is 29.8 Å². The molecule has 3 rings (SSSR count). The summed E-state index contributed by atoms with van der Waals surface area (Å²) in [5.41, 5.74) is 1.09. The molecule has 32 heavy (non-hydrogen) atoms. The highest BCUT2D eigenvalue weighted by molar-refractivity contribution is 7.89. The summed E-state index contributed by atoms with van der Waals surface area (Å²) in [5, 5.41) is 5.06. The van der Waals surface area contributed by atoms with Gasteiger partial charge in [-0.1, -0.05) is 0 Å². The number of rotatable bonds is 7. The number of nitrogens with one attached hydrogen (secondary N) is 3. The highest BCUT2D eigenvalue weighted by atomic mass is 32.2. The van der Waals surface area contributed by atoms with Crippen LogP contribution in [-0.2, 0) is 24.3 Å². The summed E-state index contributed by atoms with van der Waals surface area (Å²) in [4.78, 5) is 25.3. The smallest absolute Gasteiger partial charge is 0.242 e. The zero-order valence-electron chi connectivity index (χ0n) is 17.7. The molecule has 0 bridgehead atoms. The van der Waals surface area contributed by atoms with Gasteiger partial charge in [-0.15, -0.1) is 0 Å². The predicted molar refractivity (Wildman–Crippen MR) is 119 cm³/mol. The van der Waals surface area contributed by atoms with Gasteiger partial charge in [0.25, 0.3) is 0 Å². The van der Waals surface area contributed by atoms with E-state index >= 15 is 0 Å². The van der Waals surface area contributed by atoms with E-state index in [0.717, 1.165) is 0 Å².